The van der Waals surface area contributed by atoms with Gasteiger partial charge in [0.2, 0.25) is 0 Å². The number of nitro groups is 1. The van der Waals surface area contributed by atoms with E-state index in [1.54, 1.807) is 30.3 Å². The van der Waals surface area contributed by atoms with Crippen LogP contribution in [0.1, 0.15) is 15.9 Å². The van der Waals surface area contributed by atoms with Crippen LogP contribution in [0.3, 0.4) is 0 Å². The molecule has 2 aromatic carbocycles. The molecule has 7 heteroatoms. The van der Waals surface area contributed by atoms with E-state index < -0.39 is 21.7 Å². The van der Waals surface area contributed by atoms with Gasteiger partial charge in [0.15, 0.2) is 0 Å². The van der Waals surface area contributed by atoms with Gasteiger partial charge in [-0.15, -0.1) is 0 Å². The molecule has 1 atom stereocenters. The van der Waals surface area contributed by atoms with Gasteiger partial charge in [-0.3, -0.25) is 14.3 Å². The summed E-state index contributed by atoms with van der Waals surface area (Å²) in [7, 11) is -1.43. The minimum atomic E-state index is -1.43. The Bertz CT molecular complexity index is 715. The lowest BCUT2D eigenvalue weighted by Gasteiger charge is -2.05. The van der Waals surface area contributed by atoms with Crippen LogP contribution in [0.25, 0.3) is 0 Å². The lowest BCUT2D eigenvalue weighted by molar-refractivity contribution is -0.385. The molecular weight excluding hydrogens is 294 g/mol. The van der Waals surface area contributed by atoms with Gasteiger partial charge in [-0.05, 0) is 18.2 Å². The lowest BCUT2D eigenvalue weighted by atomic mass is 10.1. The van der Waals surface area contributed by atoms with E-state index in [4.69, 9.17) is 5.11 Å². The molecule has 0 radical (unpaired) electrons. The summed E-state index contributed by atoms with van der Waals surface area (Å²) in [6, 6.07) is 12.2. The standard InChI is InChI=1S/C14H11NO5S/c16-14(17)10-6-7-11(13(8-10)15(18)19)9-21(20)12-4-2-1-3-5-12/h1-8H,9H2,(H,16,17)/t21-/m0/s1. The highest BCUT2D eigenvalue weighted by Gasteiger charge is 2.19. The number of nitro benzene ring substituents is 1. The third-order valence-corrected chi connectivity index (χ3v) is 4.19. The van der Waals surface area contributed by atoms with Crippen LogP contribution in [0.15, 0.2) is 53.4 Å². The number of benzene rings is 2. The van der Waals surface area contributed by atoms with Crippen molar-refractivity contribution in [3.63, 3.8) is 0 Å². The summed E-state index contributed by atoms with van der Waals surface area (Å²) in [4.78, 5) is 21.8. The summed E-state index contributed by atoms with van der Waals surface area (Å²) in [5.41, 5.74) is -0.262. The number of carboxylic acid groups (broad SMARTS) is 1. The van der Waals surface area contributed by atoms with Crippen LogP contribution >= 0.6 is 0 Å². The fourth-order valence-electron chi connectivity index (χ4n) is 1.79. The summed E-state index contributed by atoms with van der Waals surface area (Å²) in [5.74, 6) is -1.28. The fourth-order valence-corrected chi connectivity index (χ4v) is 2.94. The first kappa shape index (κ1) is 14.9. The van der Waals surface area contributed by atoms with Crippen molar-refractivity contribution < 1.29 is 19.0 Å². The molecule has 0 heterocycles. The molecule has 2 rings (SSSR count). The van der Waals surface area contributed by atoms with Crippen molar-refractivity contribution in [2.24, 2.45) is 0 Å². The smallest absolute Gasteiger partial charge is 0.335 e. The molecule has 0 fully saturated rings. The zero-order valence-corrected chi connectivity index (χ0v) is 11.6. The SMILES string of the molecule is O=C(O)c1ccc(C[S@](=O)c2ccccc2)c([N+](=O)[O-])c1. The van der Waals surface area contributed by atoms with Gasteiger partial charge in [-0.1, -0.05) is 24.3 Å². The molecule has 0 saturated carbocycles. The summed E-state index contributed by atoms with van der Waals surface area (Å²) in [5, 5.41) is 19.9. The van der Waals surface area contributed by atoms with Gasteiger partial charge in [-0.25, -0.2) is 4.79 Å². The second kappa shape index (κ2) is 6.27. The van der Waals surface area contributed by atoms with Crippen LogP contribution in [0, 0.1) is 10.1 Å². The average Bonchev–Trinajstić information content (AvgIpc) is 2.48. The Labute approximate surface area is 122 Å². The monoisotopic (exact) mass is 305 g/mol. The van der Waals surface area contributed by atoms with E-state index in [1.807, 2.05) is 0 Å². The molecule has 6 nitrogen and oxygen atoms in total. The molecule has 0 aliphatic heterocycles. The van der Waals surface area contributed by atoms with Crippen LogP contribution in [0.5, 0.6) is 0 Å². The van der Waals surface area contributed by atoms with E-state index in [0.29, 0.717) is 4.90 Å². The maximum absolute atomic E-state index is 12.2. The van der Waals surface area contributed by atoms with E-state index in [-0.39, 0.29) is 22.6 Å². The highest BCUT2D eigenvalue weighted by molar-refractivity contribution is 7.84. The fraction of sp³-hybridized carbons (Fsp3) is 0.0714. The van der Waals surface area contributed by atoms with Crippen molar-refractivity contribution in [2.45, 2.75) is 10.6 Å². The van der Waals surface area contributed by atoms with Crippen molar-refractivity contribution in [1.82, 2.24) is 0 Å². The number of aromatic carboxylic acids is 1. The van der Waals surface area contributed by atoms with E-state index in [1.165, 1.54) is 12.1 Å². The number of carbonyl (C=O) groups is 1. The Hall–Kier alpha value is -2.54. The normalized spacial score (nSPS) is 11.8. The van der Waals surface area contributed by atoms with Crippen molar-refractivity contribution >= 4 is 22.5 Å². The van der Waals surface area contributed by atoms with E-state index in [2.05, 4.69) is 0 Å². The number of carboxylic acids is 1. The largest absolute Gasteiger partial charge is 0.478 e. The summed E-state index contributed by atoms with van der Waals surface area (Å²) in [6.07, 6.45) is 0. The Morgan fingerprint density at radius 3 is 2.43 bits per heavy atom. The number of hydrogen-bond acceptors (Lipinski definition) is 4. The topological polar surface area (TPSA) is 97.5 Å². The molecule has 0 saturated heterocycles. The zero-order chi connectivity index (χ0) is 15.4. The Morgan fingerprint density at radius 2 is 1.86 bits per heavy atom. The Morgan fingerprint density at radius 1 is 1.19 bits per heavy atom. The number of rotatable bonds is 5. The zero-order valence-electron chi connectivity index (χ0n) is 10.8. The number of hydrogen-bond donors (Lipinski definition) is 1. The first-order valence-corrected chi connectivity index (χ1v) is 7.25. The summed E-state index contributed by atoms with van der Waals surface area (Å²) < 4.78 is 12.2. The van der Waals surface area contributed by atoms with Gasteiger partial charge in [0, 0.05) is 16.5 Å². The molecule has 0 aliphatic carbocycles. The lowest BCUT2D eigenvalue weighted by Crippen LogP contribution is -2.04. The highest BCUT2D eigenvalue weighted by atomic mass is 32.2. The third-order valence-electron chi connectivity index (χ3n) is 2.82. The van der Waals surface area contributed by atoms with Crippen molar-refractivity contribution in [3.8, 4) is 0 Å². The van der Waals surface area contributed by atoms with Gasteiger partial charge in [0.05, 0.1) is 27.0 Å². The Balaban J connectivity index is 2.34. The van der Waals surface area contributed by atoms with E-state index >= 15 is 0 Å². The van der Waals surface area contributed by atoms with E-state index in [9.17, 15) is 19.1 Å². The van der Waals surface area contributed by atoms with Gasteiger partial charge in [-0.2, -0.15) is 0 Å². The second-order valence-electron chi connectivity index (χ2n) is 4.21. The van der Waals surface area contributed by atoms with Crippen LogP contribution < -0.4 is 0 Å². The maximum Gasteiger partial charge on any atom is 0.335 e. The van der Waals surface area contributed by atoms with Gasteiger partial charge >= 0.3 is 5.97 Å². The molecular formula is C14H11NO5S. The van der Waals surface area contributed by atoms with Gasteiger partial charge < -0.3 is 5.11 Å². The van der Waals surface area contributed by atoms with Crippen molar-refractivity contribution in [2.75, 3.05) is 0 Å². The molecule has 21 heavy (non-hydrogen) atoms. The molecule has 1 N–H and O–H groups in total. The highest BCUT2D eigenvalue weighted by Crippen LogP contribution is 2.23. The molecule has 0 aromatic heterocycles. The van der Waals surface area contributed by atoms with E-state index in [0.717, 1.165) is 6.07 Å². The van der Waals surface area contributed by atoms with Crippen LogP contribution in [0.4, 0.5) is 5.69 Å². The summed E-state index contributed by atoms with van der Waals surface area (Å²) in [6.45, 7) is 0. The quantitative estimate of drug-likeness (QED) is 0.676. The minimum absolute atomic E-state index is 0.0414. The van der Waals surface area contributed by atoms with Crippen LogP contribution in [-0.2, 0) is 16.6 Å². The maximum atomic E-state index is 12.2. The average molecular weight is 305 g/mol. The predicted octanol–water partition coefficient (Wildman–Crippen LogP) is 2.60. The van der Waals surface area contributed by atoms with Crippen LogP contribution in [0.2, 0.25) is 0 Å². The molecule has 108 valence electrons. The first-order chi connectivity index (χ1) is 9.99. The van der Waals surface area contributed by atoms with Gasteiger partial charge in [0.25, 0.3) is 5.69 Å². The molecule has 2 aromatic rings. The number of nitrogens with zero attached hydrogens (tertiary/aromatic N) is 1. The Kier molecular flexibility index (Phi) is 4.44. The van der Waals surface area contributed by atoms with Crippen LogP contribution in [-0.4, -0.2) is 20.2 Å². The third kappa shape index (κ3) is 3.51. The molecule has 0 aliphatic rings. The van der Waals surface area contributed by atoms with Crippen molar-refractivity contribution in [1.29, 1.82) is 0 Å². The molecule has 0 unspecified atom stereocenters. The molecule has 0 bridgehead atoms. The predicted molar refractivity (Wildman–Crippen MR) is 76.6 cm³/mol. The first-order valence-electron chi connectivity index (χ1n) is 5.93. The minimum Gasteiger partial charge on any atom is -0.478 e. The second-order valence-corrected chi connectivity index (χ2v) is 5.66. The van der Waals surface area contributed by atoms with Crippen molar-refractivity contribution in [3.05, 3.63) is 69.8 Å². The van der Waals surface area contributed by atoms with Gasteiger partial charge in [0.1, 0.15) is 0 Å². The molecule has 0 spiro atoms. The summed E-state index contributed by atoms with van der Waals surface area (Å²) >= 11 is 0. The molecule has 0 amide bonds.